The average Bonchev–Trinajstić information content (AvgIpc) is 2.73. The standard InChI is InChI=1S/C15H23NO/c1-4-16-13-8-6-10-15(13)17-14-9-5-7-11(2)12(14)3/h5,7,9,13,15-16H,4,6,8,10H2,1-3H3. The SMILES string of the molecule is CCNC1CCCC1Oc1cccc(C)c1C. The first-order valence-corrected chi connectivity index (χ1v) is 6.68. The van der Waals surface area contributed by atoms with Crippen molar-refractivity contribution in [2.75, 3.05) is 6.54 Å². The molecule has 2 rings (SSSR count). The summed E-state index contributed by atoms with van der Waals surface area (Å²) in [5.74, 6) is 1.06. The van der Waals surface area contributed by atoms with Crippen molar-refractivity contribution in [1.29, 1.82) is 0 Å². The summed E-state index contributed by atoms with van der Waals surface area (Å²) in [6.07, 6.45) is 4.03. The normalized spacial score (nSPS) is 23.9. The van der Waals surface area contributed by atoms with Crippen molar-refractivity contribution >= 4 is 0 Å². The Morgan fingerprint density at radius 1 is 1.29 bits per heavy atom. The predicted octanol–water partition coefficient (Wildman–Crippen LogP) is 3.21. The van der Waals surface area contributed by atoms with Gasteiger partial charge in [0.25, 0.3) is 0 Å². The second kappa shape index (κ2) is 5.54. The molecule has 0 aliphatic heterocycles. The number of nitrogens with one attached hydrogen (secondary N) is 1. The fourth-order valence-corrected chi connectivity index (χ4v) is 2.58. The molecule has 2 nitrogen and oxygen atoms in total. The summed E-state index contributed by atoms with van der Waals surface area (Å²) in [5, 5.41) is 3.52. The summed E-state index contributed by atoms with van der Waals surface area (Å²) in [6.45, 7) is 7.46. The van der Waals surface area contributed by atoms with Crippen LogP contribution in [0.5, 0.6) is 5.75 Å². The van der Waals surface area contributed by atoms with Gasteiger partial charge in [-0.3, -0.25) is 0 Å². The highest BCUT2D eigenvalue weighted by molar-refractivity contribution is 5.38. The van der Waals surface area contributed by atoms with Crippen LogP contribution in [0.3, 0.4) is 0 Å². The van der Waals surface area contributed by atoms with Gasteiger partial charge in [-0.1, -0.05) is 19.1 Å². The van der Waals surface area contributed by atoms with Crippen LogP contribution in [-0.4, -0.2) is 18.7 Å². The smallest absolute Gasteiger partial charge is 0.122 e. The Balaban J connectivity index is 2.07. The molecular weight excluding hydrogens is 210 g/mol. The van der Waals surface area contributed by atoms with E-state index in [2.05, 4.69) is 44.3 Å². The molecule has 1 saturated carbocycles. The summed E-state index contributed by atoms with van der Waals surface area (Å²) < 4.78 is 6.19. The van der Waals surface area contributed by atoms with E-state index in [0.717, 1.165) is 12.3 Å². The van der Waals surface area contributed by atoms with Gasteiger partial charge in [0.15, 0.2) is 0 Å². The third-order valence-electron chi connectivity index (χ3n) is 3.75. The van der Waals surface area contributed by atoms with Crippen molar-refractivity contribution in [3.63, 3.8) is 0 Å². The Kier molecular flexibility index (Phi) is 4.06. The minimum atomic E-state index is 0.343. The summed E-state index contributed by atoms with van der Waals surface area (Å²) in [5.41, 5.74) is 2.58. The largest absolute Gasteiger partial charge is 0.489 e. The van der Waals surface area contributed by atoms with Crippen molar-refractivity contribution in [1.82, 2.24) is 5.32 Å². The summed E-state index contributed by atoms with van der Waals surface area (Å²) in [7, 11) is 0. The molecule has 0 heterocycles. The number of ether oxygens (including phenoxy) is 1. The average molecular weight is 233 g/mol. The molecule has 1 aliphatic carbocycles. The summed E-state index contributed by atoms with van der Waals surface area (Å²) in [6, 6.07) is 6.83. The number of rotatable bonds is 4. The lowest BCUT2D eigenvalue weighted by molar-refractivity contribution is 0.174. The van der Waals surface area contributed by atoms with Gasteiger partial charge in [-0.2, -0.15) is 0 Å². The first kappa shape index (κ1) is 12.4. The molecule has 0 radical (unpaired) electrons. The van der Waals surface area contributed by atoms with Crippen LogP contribution in [0.1, 0.15) is 37.3 Å². The van der Waals surface area contributed by atoms with Gasteiger partial charge in [-0.15, -0.1) is 0 Å². The van der Waals surface area contributed by atoms with Gasteiger partial charge < -0.3 is 10.1 Å². The molecule has 1 aromatic rings. The zero-order valence-electron chi connectivity index (χ0n) is 11.1. The van der Waals surface area contributed by atoms with E-state index >= 15 is 0 Å². The van der Waals surface area contributed by atoms with Crippen LogP contribution in [0.2, 0.25) is 0 Å². The van der Waals surface area contributed by atoms with Gasteiger partial charge >= 0.3 is 0 Å². The van der Waals surface area contributed by atoms with Crippen LogP contribution >= 0.6 is 0 Å². The molecule has 1 N–H and O–H groups in total. The highest BCUT2D eigenvalue weighted by Crippen LogP contribution is 2.28. The second-order valence-corrected chi connectivity index (χ2v) is 4.95. The van der Waals surface area contributed by atoms with Crippen LogP contribution in [0.25, 0.3) is 0 Å². The molecule has 2 heteroatoms. The molecule has 0 amide bonds. The predicted molar refractivity (Wildman–Crippen MR) is 71.6 cm³/mol. The molecule has 2 unspecified atom stereocenters. The molecule has 0 spiro atoms. The minimum absolute atomic E-state index is 0.343. The van der Waals surface area contributed by atoms with Crippen molar-refractivity contribution in [2.45, 2.75) is 52.2 Å². The van der Waals surface area contributed by atoms with Gasteiger partial charge in [0, 0.05) is 6.04 Å². The molecule has 0 aromatic heterocycles. The number of hydrogen-bond donors (Lipinski definition) is 1. The van der Waals surface area contributed by atoms with Crippen LogP contribution in [-0.2, 0) is 0 Å². The third kappa shape index (κ3) is 2.81. The topological polar surface area (TPSA) is 21.3 Å². The van der Waals surface area contributed by atoms with E-state index in [1.54, 1.807) is 0 Å². The molecule has 1 aromatic carbocycles. The van der Waals surface area contributed by atoms with Gasteiger partial charge in [-0.25, -0.2) is 0 Å². The van der Waals surface area contributed by atoms with Crippen molar-refractivity contribution in [2.24, 2.45) is 0 Å². The van der Waals surface area contributed by atoms with E-state index in [4.69, 9.17) is 4.74 Å². The first-order chi connectivity index (χ1) is 8.22. The lowest BCUT2D eigenvalue weighted by Gasteiger charge is -2.23. The maximum atomic E-state index is 6.19. The zero-order chi connectivity index (χ0) is 12.3. The number of hydrogen-bond acceptors (Lipinski definition) is 2. The number of benzene rings is 1. The summed E-state index contributed by atoms with van der Waals surface area (Å²) in [4.78, 5) is 0. The molecule has 1 fully saturated rings. The highest BCUT2D eigenvalue weighted by Gasteiger charge is 2.28. The van der Waals surface area contributed by atoms with E-state index in [-0.39, 0.29) is 0 Å². The van der Waals surface area contributed by atoms with E-state index in [1.807, 2.05) is 0 Å². The molecule has 0 saturated heterocycles. The van der Waals surface area contributed by atoms with Crippen molar-refractivity contribution in [3.8, 4) is 5.75 Å². The lowest BCUT2D eigenvalue weighted by atomic mass is 10.1. The monoisotopic (exact) mass is 233 g/mol. The van der Waals surface area contributed by atoms with Gasteiger partial charge in [-0.05, 0) is 56.8 Å². The lowest BCUT2D eigenvalue weighted by Crippen LogP contribution is -2.38. The maximum absolute atomic E-state index is 6.19. The van der Waals surface area contributed by atoms with Crippen LogP contribution in [0.4, 0.5) is 0 Å². The maximum Gasteiger partial charge on any atom is 0.122 e. The molecule has 17 heavy (non-hydrogen) atoms. The third-order valence-corrected chi connectivity index (χ3v) is 3.75. The number of likely N-dealkylation sites (N-methyl/N-ethyl adjacent to an activating group) is 1. The fraction of sp³-hybridized carbons (Fsp3) is 0.600. The van der Waals surface area contributed by atoms with Crippen molar-refractivity contribution < 1.29 is 4.74 Å². The zero-order valence-corrected chi connectivity index (χ0v) is 11.1. The molecular formula is C15H23NO. The Hall–Kier alpha value is -1.02. The van der Waals surface area contributed by atoms with Crippen LogP contribution in [0.15, 0.2) is 18.2 Å². The van der Waals surface area contributed by atoms with Crippen LogP contribution < -0.4 is 10.1 Å². The van der Waals surface area contributed by atoms with Crippen molar-refractivity contribution in [3.05, 3.63) is 29.3 Å². The van der Waals surface area contributed by atoms with E-state index in [1.165, 1.54) is 30.4 Å². The Morgan fingerprint density at radius 3 is 2.88 bits per heavy atom. The quantitative estimate of drug-likeness (QED) is 0.862. The highest BCUT2D eigenvalue weighted by atomic mass is 16.5. The van der Waals surface area contributed by atoms with Gasteiger partial charge in [0.1, 0.15) is 11.9 Å². The van der Waals surface area contributed by atoms with E-state index < -0.39 is 0 Å². The van der Waals surface area contributed by atoms with E-state index in [0.29, 0.717) is 12.1 Å². The first-order valence-electron chi connectivity index (χ1n) is 6.68. The van der Waals surface area contributed by atoms with E-state index in [9.17, 15) is 0 Å². The molecule has 0 bridgehead atoms. The fourth-order valence-electron chi connectivity index (χ4n) is 2.58. The second-order valence-electron chi connectivity index (χ2n) is 4.95. The molecule has 2 atom stereocenters. The Morgan fingerprint density at radius 2 is 2.12 bits per heavy atom. The minimum Gasteiger partial charge on any atom is -0.489 e. The molecule has 94 valence electrons. The Labute approximate surface area is 104 Å². The van der Waals surface area contributed by atoms with Crippen LogP contribution in [0, 0.1) is 13.8 Å². The summed E-state index contributed by atoms with van der Waals surface area (Å²) >= 11 is 0. The number of aryl methyl sites for hydroxylation is 1. The van der Waals surface area contributed by atoms with Gasteiger partial charge in [0.2, 0.25) is 0 Å². The Bertz CT molecular complexity index is 375. The van der Waals surface area contributed by atoms with Gasteiger partial charge in [0.05, 0.1) is 0 Å². The molecule has 1 aliphatic rings.